The van der Waals surface area contributed by atoms with E-state index in [-0.39, 0.29) is 6.10 Å². The maximum atomic E-state index is 15.6. The molecule has 3 aromatic rings. The molecular weight excluding hydrogens is 491 g/mol. The lowest BCUT2D eigenvalue weighted by Crippen LogP contribution is -2.35. The number of anilines is 2. The highest BCUT2D eigenvalue weighted by atomic mass is 31.2. The van der Waals surface area contributed by atoms with E-state index in [1.54, 1.807) is 7.11 Å². The summed E-state index contributed by atoms with van der Waals surface area (Å²) in [5, 5.41) is 4.34. The Balaban J connectivity index is 1.85. The van der Waals surface area contributed by atoms with E-state index in [2.05, 4.69) is 31.0 Å². The molecule has 0 heterocycles. The van der Waals surface area contributed by atoms with Gasteiger partial charge in [0.2, 0.25) is 0 Å². The van der Waals surface area contributed by atoms with Crippen LogP contribution in [-0.4, -0.2) is 27.3 Å². The van der Waals surface area contributed by atoms with E-state index in [9.17, 15) is 0 Å². The Kier molecular flexibility index (Phi) is 9.23. The van der Waals surface area contributed by atoms with E-state index >= 15 is 4.57 Å². The summed E-state index contributed by atoms with van der Waals surface area (Å²) in [4.78, 5) is 2.05. The Hall–Kier alpha value is -2.75. The van der Waals surface area contributed by atoms with Gasteiger partial charge in [0, 0.05) is 30.8 Å². The topological polar surface area (TPSA) is 50.8 Å². The van der Waals surface area contributed by atoms with Gasteiger partial charge in [0.05, 0.1) is 13.2 Å². The van der Waals surface area contributed by atoms with Crippen LogP contribution in [0.5, 0.6) is 5.75 Å². The zero-order chi connectivity index (χ0) is 27.3. The second-order valence-electron chi connectivity index (χ2n) is 11.2. The first-order chi connectivity index (χ1) is 18.2. The van der Waals surface area contributed by atoms with Gasteiger partial charge in [-0.25, -0.2) is 0 Å². The number of benzene rings is 3. The predicted molar refractivity (Wildman–Crippen MR) is 160 cm³/mol. The van der Waals surface area contributed by atoms with E-state index in [1.165, 1.54) is 6.42 Å². The molecule has 0 spiro atoms. The smallest absolute Gasteiger partial charge is 0.258 e. The summed E-state index contributed by atoms with van der Waals surface area (Å²) in [6, 6.07) is 25.8. The number of nitrogens with zero attached hydrogens (tertiary/aromatic N) is 1. The highest BCUT2D eigenvalue weighted by Crippen LogP contribution is 2.61. The summed E-state index contributed by atoms with van der Waals surface area (Å²) in [7, 11) is 2.20. The molecule has 38 heavy (non-hydrogen) atoms. The Morgan fingerprint density at radius 3 is 2.16 bits per heavy atom. The van der Waals surface area contributed by atoms with Crippen LogP contribution in [0.25, 0.3) is 0 Å². The number of para-hydroxylation sites is 1. The van der Waals surface area contributed by atoms with E-state index in [0.717, 1.165) is 40.8 Å². The van der Waals surface area contributed by atoms with Crippen LogP contribution in [0.2, 0.25) is 0 Å². The molecule has 5 nitrogen and oxygen atoms in total. The van der Waals surface area contributed by atoms with Gasteiger partial charge in [0.1, 0.15) is 11.5 Å². The van der Waals surface area contributed by atoms with E-state index in [4.69, 9.17) is 9.26 Å². The quantitative estimate of drug-likeness (QED) is 0.268. The lowest BCUT2D eigenvalue weighted by atomic mass is 9.75. The van der Waals surface area contributed by atoms with Crippen LogP contribution in [0, 0.1) is 17.8 Å². The lowest BCUT2D eigenvalue weighted by molar-refractivity contribution is 0.0489. The molecule has 0 aliphatic heterocycles. The molecule has 1 fully saturated rings. The van der Waals surface area contributed by atoms with E-state index in [1.807, 2.05) is 93.0 Å². The molecular formula is C32H43N2O3P. The average Bonchev–Trinajstić information content (AvgIpc) is 2.92. The molecule has 1 saturated carbocycles. The van der Waals surface area contributed by atoms with Crippen LogP contribution in [0.3, 0.4) is 0 Å². The maximum absolute atomic E-state index is 15.6. The van der Waals surface area contributed by atoms with Gasteiger partial charge >= 0.3 is 0 Å². The minimum atomic E-state index is -3.49. The zero-order valence-electron chi connectivity index (χ0n) is 23.6. The number of ether oxygens (including phenoxy) is 1. The fraction of sp³-hybridized carbons (Fsp3) is 0.438. The SMILES string of the molecule is COc1ccc(C(Nc2ccccc2)P(=O)(OC2CC(C)CCC2C(C)C)c2ccc(N(C)C)cc2)cc1. The summed E-state index contributed by atoms with van der Waals surface area (Å²) in [6.07, 6.45) is 3.14. The molecule has 5 unspecified atom stereocenters. The first kappa shape index (κ1) is 28.3. The molecule has 0 radical (unpaired) electrons. The molecule has 4 rings (SSSR count). The van der Waals surface area contributed by atoms with Crippen molar-refractivity contribution >= 4 is 24.0 Å². The largest absolute Gasteiger partial charge is 0.497 e. The minimum absolute atomic E-state index is 0.0727. The molecule has 3 aromatic carbocycles. The fourth-order valence-electron chi connectivity index (χ4n) is 5.51. The molecule has 0 bridgehead atoms. The second-order valence-corrected chi connectivity index (χ2v) is 13.6. The molecule has 1 aliphatic carbocycles. The minimum Gasteiger partial charge on any atom is -0.497 e. The lowest BCUT2D eigenvalue weighted by Gasteiger charge is -2.41. The highest BCUT2D eigenvalue weighted by molar-refractivity contribution is 7.67. The van der Waals surface area contributed by atoms with Crippen LogP contribution in [0.4, 0.5) is 11.4 Å². The van der Waals surface area contributed by atoms with Crippen molar-refractivity contribution < 1.29 is 13.8 Å². The number of rotatable bonds is 10. The van der Waals surface area contributed by atoms with Crippen molar-refractivity contribution in [2.45, 2.75) is 51.9 Å². The van der Waals surface area contributed by atoms with Crippen molar-refractivity contribution in [3.8, 4) is 5.75 Å². The first-order valence-corrected chi connectivity index (χ1v) is 15.4. The Morgan fingerprint density at radius 1 is 0.921 bits per heavy atom. The van der Waals surface area contributed by atoms with Crippen molar-refractivity contribution in [2.24, 2.45) is 17.8 Å². The van der Waals surface area contributed by atoms with Gasteiger partial charge in [-0.1, -0.05) is 57.5 Å². The Morgan fingerprint density at radius 2 is 1.58 bits per heavy atom. The predicted octanol–water partition coefficient (Wildman–Crippen LogP) is 7.95. The standard InChI is InChI=1S/C32H43N2O3P/c1-23(2)30-21-12-24(3)22-31(30)37-38(35,29-19-15-27(16-20-29)34(4)5)32(33-26-10-8-7-9-11-26)25-13-17-28(36-6)18-14-25/h7-11,13-20,23-24,30-33H,12,21-22H2,1-6H3. The Bertz CT molecular complexity index is 1200. The van der Waals surface area contributed by atoms with Crippen molar-refractivity contribution in [2.75, 3.05) is 31.4 Å². The molecule has 5 atom stereocenters. The second kappa shape index (κ2) is 12.4. The van der Waals surface area contributed by atoms with Crippen molar-refractivity contribution in [1.82, 2.24) is 0 Å². The number of hydrogen-bond acceptors (Lipinski definition) is 5. The summed E-state index contributed by atoms with van der Waals surface area (Å²) >= 11 is 0. The summed E-state index contributed by atoms with van der Waals surface area (Å²) < 4.78 is 28.0. The zero-order valence-corrected chi connectivity index (χ0v) is 24.5. The molecule has 0 aromatic heterocycles. The van der Waals surface area contributed by atoms with Gasteiger partial charge in [-0.05, 0) is 84.7 Å². The van der Waals surface area contributed by atoms with Gasteiger partial charge in [-0.15, -0.1) is 0 Å². The molecule has 1 N–H and O–H groups in total. The number of methoxy groups -OCH3 is 1. The van der Waals surface area contributed by atoms with Gasteiger partial charge in [-0.3, -0.25) is 4.57 Å². The van der Waals surface area contributed by atoms with Crippen LogP contribution in [0.1, 0.15) is 51.4 Å². The maximum Gasteiger partial charge on any atom is 0.258 e. The van der Waals surface area contributed by atoms with Crippen LogP contribution in [-0.2, 0) is 9.09 Å². The van der Waals surface area contributed by atoms with Gasteiger partial charge < -0.3 is 19.5 Å². The van der Waals surface area contributed by atoms with Gasteiger partial charge in [0.15, 0.2) is 0 Å². The van der Waals surface area contributed by atoms with Crippen LogP contribution >= 0.6 is 7.37 Å². The molecule has 204 valence electrons. The Labute approximate surface area is 229 Å². The molecule has 0 amide bonds. The third-order valence-corrected chi connectivity index (χ3v) is 10.5. The van der Waals surface area contributed by atoms with E-state index in [0.29, 0.717) is 17.8 Å². The third-order valence-electron chi connectivity index (χ3n) is 7.83. The summed E-state index contributed by atoms with van der Waals surface area (Å²) in [5.41, 5.74) is 2.86. The van der Waals surface area contributed by atoms with Crippen LogP contribution < -0.4 is 20.3 Å². The van der Waals surface area contributed by atoms with Crippen molar-refractivity contribution in [3.63, 3.8) is 0 Å². The fourth-order valence-corrected chi connectivity index (χ4v) is 8.14. The molecule has 1 aliphatic rings. The van der Waals surface area contributed by atoms with Crippen molar-refractivity contribution in [1.29, 1.82) is 0 Å². The number of nitrogens with one attached hydrogen (secondary N) is 1. The monoisotopic (exact) mass is 534 g/mol. The summed E-state index contributed by atoms with van der Waals surface area (Å²) in [5.74, 6) is 1.57. The first-order valence-electron chi connectivity index (χ1n) is 13.7. The summed E-state index contributed by atoms with van der Waals surface area (Å²) in [6.45, 7) is 6.81. The van der Waals surface area contributed by atoms with Gasteiger partial charge in [0.25, 0.3) is 7.37 Å². The molecule has 0 saturated heterocycles. The van der Waals surface area contributed by atoms with Gasteiger partial charge in [-0.2, -0.15) is 0 Å². The van der Waals surface area contributed by atoms with Crippen molar-refractivity contribution in [3.05, 3.63) is 84.4 Å². The normalized spacial score (nSPS) is 21.9. The number of hydrogen-bond donors (Lipinski definition) is 1. The average molecular weight is 535 g/mol. The van der Waals surface area contributed by atoms with Crippen LogP contribution in [0.15, 0.2) is 78.9 Å². The van der Waals surface area contributed by atoms with E-state index < -0.39 is 13.2 Å². The highest BCUT2D eigenvalue weighted by Gasteiger charge is 2.43. The molecule has 6 heteroatoms. The third kappa shape index (κ3) is 6.45.